The first-order valence-electron chi connectivity index (χ1n) is 4.24. The Morgan fingerprint density at radius 2 is 2.27 bits per heavy atom. The summed E-state index contributed by atoms with van der Waals surface area (Å²) in [6.45, 7) is 0. The second-order valence-electron chi connectivity index (χ2n) is 2.68. The third kappa shape index (κ3) is 3.21. The van der Waals surface area contributed by atoms with E-state index in [0.717, 1.165) is 5.56 Å². The molecule has 5 heteroatoms. The average molecular weight is 225 g/mol. The van der Waals surface area contributed by atoms with E-state index in [-0.39, 0.29) is 5.91 Å². The smallest absolute Gasteiger partial charge is 0.330 e. The molecule has 0 aliphatic carbocycles. The van der Waals surface area contributed by atoms with Gasteiger partial charge in [0.25, 0.3) is 5.91 Å². The van der Waals surface area contributed by atoms with Crippen LogP contribution in [0.15, 0.2) is 17.5 Å². The zero-order valence-electron chi connectivity index (χ0n) is 8.44. The molecule has 0 unspecified atom stereocenters. The lowest BCUT2D eigenvalue weighted by atomic mass is 10.3. The third-order valence-corrected chi connectivity index (χ3v) is 2.63. The molecule has 0 aliphatic heterocycles. The van der Waals surface area contributed by atoms with Crippen molar-refractivity contribution in [2.45, 2.75) is 0 Å². The van der Waals surface area contributed by atoms with Crippen LogP contribution in [-0.2, 0) is 9.53 Å². The largest absolute Gasteiger partial charge is 0.466 e. The fourth-order valence-electron chi connectivity index (χ4n) is 0.913. The number of methoxy groups -OCH3 is 1. The molecule has 1 aromatic rings. The number of rotatable bonds is 3. The van der Waals surface area contributed by atoms with Gasteiger partial charge in [0.2, 0.25) is 0 Å². The fourth-order valence-corrected chi connectivity index (χ4v) is 1.74. The van der Waals surface area contributed by atoms with Crippen molar-refractivity contribution in [1.29, 1.82) is 0 Å². The van der Waals surface area contributed by atoms with Crippen LogP contribution in [0.3, 0.4) is 0 Å². The number of carbonyl (C=O) groups excluding carboxylic acids is 2. The molecule has 1 rings (SSSR count). The molecule has 1 heterocycles. The summed E-state index contributed by atoms with van der Waals surface area (Å²) in [5.41, 5.74) is 0.809. The predicted octanol–water partition coefficient (Wildman–Crippen LogP) is 1.29. The Hall–Kier alpha value is -1.62. The highest BCUT2D eigenvalue weighted by Gasteiger charge is 2.05. The minimum Gasteiger partial charge on any atom is -0.466 e. The van der Waals surface area contributed by atoms with Gasteiger partial charge in [0.1, 0.15) is 0 Å². The topological polar surface area (TPSA) is 55.4 Å². The van der Waals surface area contributed by atoms with Gasteiger partial charge >= 0.3 is 5.97 Å². The van der Waals surface area contributed by atoms with E-state index in [1.165, 1.54) is 24.5 Å². The lowest BCUT2D eigenvalue weighted by molar-refractivity contribution is -0.134. The van der Waals surface area contributed by atoms with Crippen LogP contribution in [0.2, 0.25) is 0 Å². The van der Waals surface area contributed by atoms with Crippen molar-refractivity contribution in [1.82, 2.24) is 5.32 Å². The molecule has 1 amide bonds. The Labute approximate surface area is 91.6 Å². The number of thiophene rings is 1. The van der Waals surface area contributed by atoms with E-state index >= 15 is 0 Å². The van der Waals surface area contributed by atoms with E-state index in [4.69, 9.17) is 0 Å². The first-order valence-corrected chi connectivity index (χ1v) is 5.12. The molecule has 0 atom stereocenters. The molecule has 0 fully saturated rings. The van der Waals surface area contributed by atoms with Crippen LogP contribution in [0.5, 0.6) is 0 Å². The van der Waals surface area contributed by atoms with Crippen LogP contribution in [0.25, 0.3) is 6.08 Å². The maximum absolute atomic E-state index is 11.2. The number of ether oxygens (including phenoxy) is 1. The molecule has 1 aromatic heterocycles. The van der Waals surface area contributed by atoms with Gasteiger partial charge < -0.3 is 10.1 Å². The summed E-state index contributed by atoms with van der Waals surface area (Å²) in [5, 5.41) is 4.32. The third-order valence-electron chi connectivity index (χ3n) is 1.68. The monoisotopic (exact) mass is 225 g/mol. The molecule has 15 heavy (non-hydrogen) atoms. The van der Waals surface area contributed by atoms with Crippen molar-refractivity contribution < 1.29 is 14.3 Å². The van der Waals surface area contributed by atoms with Crippen molar-refractivity contribution in [2.24, 2.45) is 0 Å². The highest BCUT2D eigenvalue weighted by atomic mass is 32.1. The van der Waals surface area contributed by atoms with Gasteiger partial charge in [0.05, 0.1) is 12.0 Å². The molecule has 0 saturated carbocycles. The molecule has 0 saturated heterocycles. The molecule has 80 valence electrons. The number of hydrogen-bond donors (Lipinski definition) is 1. The summed E-state index contributed by atoms with van der Waals surface area (Å²) in [6, 6.07) is 1.71. The Kier molecular flexibility index (Phi) is 4.05. The van der Waals surface area contributed by atoms with E-state index < -0.39 is 5.97 Å². The summed E-state index contributed by atoms with van der Waals surface area (Å²) in [6.07, 6.45) is 2.92. The van der Waals surface area contributed by atoms with Crippen LogP contribution >= 0.6 is 11.3 Å². The van der Waals surface area contributed by atoms with E-state index in [0.29, 0.717) is 4.88 Å². The molecular formula is C10H11NO3S. The number of hydrogen-bond acceptors (Lipinski definition) is 4. The normalized spacial score (nSPS) is 10.3. The first-order chi connectivity index (χ1) is 7.17. The van der Waals surface area contributed by atoms with Crippen LogP contribution in [0.1, 0.15) is 15.2 Å². The maximum atomic E-state index is 11.2. The van der Waals surface area contributed by atoms with Gasteiger partial charge in [-0.2, -0.15) is 0 Å². The van der Waals surface area contributed by atoms with E-state index in [9.17, 15) is 9.59 Å². The SMILES string of the molecule is CNC(=O)c1cc(/C=C/C(=O)OC)cs1. The van der Waals surface area contributed by atoms with Gasteiger partial charge in [0.15, 0.2) is 0 Å². The Morgan fingerprint density at radius 3 is 2.87 bits per heavy atom. The molecule has 0 aromatic carbocycles. The minimum atomic E-state index is -0.414. The highest BCUT2D eigenvalue weighted by Crippen LogP contribution is 2.15. The molecule has 4 nitrogen and oxygen atoms in total. The number of amides is 1. The van der Waals surface area contributed by atoms with Gasteiger partial charge in [-0.3, -0.25) is 4.79 Å². The zero-order chi connectivity index (χ0) is 11.3. The quantitative estimate of drug-likeness (QED) is 0.623. The first kappa shape index (κ1) is 11.5. The molecule has 0 radical (unpaired) electrons. The van der Waals surface area contributed by atoms with Crippen molar-refractivity contribution >= 4 is 29.3 Å². The van der Waals surface area contributed by atoms with Crippen LogP contribution < -0.4 is 5.32 Å². The Bertz CT molecular complexity index is 395. The maximum Gasteiger partial charge on any atom is 0.330 e. The Balaban J connectivity index is 2.72. The van der Waals surface area contributed by atoms with E-state index in [2.05, 4.69) is 10.1 Å². The van der Waals surface area contributed by atoms with E-state index in [1.54, 1.807) is 24.6 Å². The van der Waals surface area contributed by atoms with Gasteiger partial charge in [-0.05, 0) is 23.1 Å². The van der Waals surface area contributed by atoms with Crippen molar-refractivity contribution in [3.63, 3.8) is 0 Å². The van der Waals surface area contributed by atoms with Gasteiger partial charge in [-0.1, -0.05) is 0 Å². The summed E-state index contributed by atoms with van der Waals surface area (Å²) in [5.74, 6) is -0.541. The molecule has 0 aliphatic rings. The minimum absolute atomic E-state index is 0.127. The molecule has 0 bridgehead atoms. The molecular weight excluding hydrogens is 214 g/mol. The second-order valence-corrected chi connectivity index (χ2v) is 3.59. The van der Waals surface area contributed by atoms with Crippen LogP contribution in [0.4, 0.5) is 0 Å². The number of esters is 1. The fraction of sp³-hybridized carbons (Fsp3) is 0.200. The van der Waals surface area contributed by atoms with Gasteiger partial charge in [-0.15, -0.1) is 11.3 Å². The van der Waals surface area contributed by atoms with Crippen LogP contribution in [-0.4, -0.2) is 26.0 Å². The van der Waals surface area contributed by atoms with Crippen LogP contribution in [0, 0.1) is 0 Å². The summed E-state index contributed by atoms with van der Waals surface area (Å²) >= 11 is 1.33. The number of nitrogens with one attached hydrogen (secondary N) is 1. The van der Waals surface area contributed by atoms with Crippen molar-refractivity contribution in [2.75, 3.05) is 14.2 Å². The standard InChI is InChI=1S/C10H11NO3S/c1-11-10(13)8-5-7(6-15-8)3-4-9(12)14-2/h3-6H,1-2H3,(H,11,13)/b4-3+. The zero-order valence-corrected chi connectivity index (χ0v) is 9.26. The molecule has 1 N–H and O–H groups in total. The predicted molar refractivity (Wildman–Crippen MR) is 58.8 cm³/mol. The number of carbonyl (C=O) groups is 2. The highest BCUT2D eigenvalue weighted by molar-refractivity contribution is 7.12. The lowest BCUT2D eigenvalue weighted by Gasteiger charge is -1.91. The van der Waals surface area contributed by atoms with Crippen molar-refractivity contribution in [3.8, 4) is 0 Å². The van der Waals surface area contributed by atoms with Gasteiger partial charge in [0, 0.05) is 13.1 Å². The molecule has 0 spiro atoms. The summed E-state index contributed by atoms with van der Waals surface area (Å²) < 4.78 is 4.45. The summed E-state index contributed by atoms with van der Waals surface area (Å²) in [7, 11) is 2.89. The summed E-state index contributed by atoms with van der Waals surface area (Å²) in [4.78, 5) is 22.6. The lowest BCUT2D eigenvalue weighted by Crippen LogP contribution is -2.15. The van der Waals surface area contributed by atoms with Gasteiger partial charge in [-0.25, -0.2) is 4.79 Å². The van der Waals surface area contributed by atoms with E-state index in [1.807, 2.05) is 0 Å². The van der Waals surface area contributed by atoms with Crippen molar-refractivity contribution in [3.05, 3.63) is 28.0 Å². The second kappa shape index (κ2) is 5.31. The average Bonchev–Trinajstić information content (AvgIpc) is 2.73. The Morgan fingerprint density at radius 1 is 1.53 bits per heavy atom.